The second kappa shape index (κ2) is 10.4. The summed E-state index contributed by atoms with van der Waals surface area (Å²) in [4.78, 5) is 25.8. The van der Waals surface area contributed by atoms with Gasteiger partial charge in [0.15, 0.2) is 0 Å². The molecule has 0 bridgehead atoms. The number of piperazine rings is 1. The molecule has 0 unspecified atom stereocenters. The first kappa shape index (κ1) is 22.6. The minimum Gasteiger partial charge on any atom is -0.382 e. The highest BCUT2D eigenvalue weighted by atomic mass is 19.1. The van der Waals surface area contributed by atoms with Gasteiger partial charge in [-0.1, -0.05) is 12.2 Å². The highest BCUT2D eigenvalue weighted by Crippen LogP contribution is 2.22. The van der Waals surface area contributed by atoms with Crippen LogP contribution < -0.4 is 9.80 Å². The zero-order chi connectivity index (χ0) is 24.0. The summed E-state index contributed by atoms with van der Waals surface area (Å²) in [5.74, 6) is 0.993. The summed E-state index contributed by atoms with van der Waals surface area (Å²) >= 11 is 0. The van der Waals surface area contributed by atoms with Crippen LogP contribution in [0.15, 0.2) is 67.8 Å². The van der Waals surface area contributed by atoms with E-state index in [4.69, 9.17) is 4.74 Å². The lowest BCUT2D eigenvalue weighted by molar-refractivity contribution is 0.173. The number of nitrogens with zero attached hydrogens (tertiary/aromatic N) is 8. The molecule has 1 atom stereocenters. The number of halogens is 1. The van der Waals surface area contributed by atoms with Crippen LogP contribution >= 0.6 is 0 Å². The number of anilines is 2. The van der Waals surface area contributed by atoms with E-state index in [1.165, 1.54) is 6.07 Å². The van der Waals surface area contributed by atoms with Gasteiger partial charge in [0.1, 0.15) is 12.1 Å². The number of aromatic nitrogens is 6. The van der Waals surface area contributed by atoms with E-state index < -0.39 is 5.95 Å². The van der Waals surface area contributed by atoms with Crippen LogP contribution in [0.3, 0.4) is 0 Å². The molecule has 4 aromatic heterocycles. The van der Waals surface area contributed by atoms with Crippen LogP contribution in [0.2, 0.25) is 0 Å². The van der Waals surface area contributed by atoms with E-state index in [1.807, 2.05) is 53.6 Å². The molecule has 35 heavy (non-hydrogen) atoms. The molecule has 1 saturated heterocycles. The molecular weight excluding hydrogens is 447 g/mol. The quantitative estimate of drug-likeness (QED) is 0.380. The van der Waals surface area contributed by atoms with E-state index >= 15 is 0 Å². The molecule has 0 spiro atoms. The molecule has 0 saturated carbocycles. The normalized spacial score (nSPS) is 16.2. The van der Waals surface area contributed by atoms with E-state index in [2.05, 4.69) is 34.7 Å². The maximum Gasteiger partial charge on any atom is 0.225 e. The van der Waals surface area contributed by atoms with Crippen molar-refractivity contribution in [2.75, 3.05) is 43.2 Å². The van der Waals surface area contributed by atoms with Crippen LogP contribution in [0.25, 0.3) is 18.0 Å². The Hall–Kier alpha value is -4.18. The maximum atomic E-state index is 13.2. The van der Waals surface area contributed by atoms with Crippen LogP contribution in [0.1, 0.15) is 11.1 Å². The van der Waals surface area contributed by atoms with Gasteiger partial charge < -0.3 is 14.5 Å². The van der Waals surface area contributed by atoms with Crippen LogP contribution in [-0.2, 0) is 4.74 Å². The number of rotatable bonds is 7. The smallest absolute Gasteiger partial charge is 0.225 e. The first-order valence-corrected chi connectivity index (χ1v) is 11.3. The Morgan fingerprint density at radius 3 is 2.49 bits per heavy atom. The molecule has 0 aliphatic carbocycles. The molecule has 0 aromatic carbocycles. The molecule has 5 heterocycles. The lowest BCUT2D eigenvalue weighted by Gasteiger charge is -2.42. The van der Waals surface area contributed by atoms with Gasteiger partial charge in [-0.2, -0.15) is 4.39 Å². The monoisotopic (exact) mass is 472 g/mol. The average molecular weight is 473 g/mol. The predicted molar refractivity (Wildman–Crippen MR) is 132 cm³/mol. The summed E-state index contributed by atoms with van der Waals surface area (Å²) in [5.41, 5.74) is 2.76. The second-order valence-corrected chi connectivity index (χ2v) is 8.16. The first-order chi connectivity index (χ1) is 17.2. The van der Waals surface area contributed by atoms with Crippen LogP contribution in [0.4, 0.5) is 16.0 Å². The van der Waals surface area contributed by atoms with Crippen molar-refractivity contribution < 1.29 is 9.13 Å². The third kappa shape index (κ3) is 5.33. The molecule has 1 fully saturated rings. The fourth-order valence-corrected chi connectivity index (χ4v) is 4.04. The zero-order valence-electron chi connectivity index (χ0n) is 19.3. The van der Waals surface area contributed by atoms with E-state index in [9.17, 15) is 4.39 Å². The molecule has 1 aliphatic heterocycles. The zero-order valence-corrected chi connectivity index (χ0v) is 19.3. The van der Waals surface area contributed by atoms with E-state index in [1.54, 1.807) is 31.9 Å². The van der Waals surface area contributed by atoms with E-state index in [0.717, 1.165) is 35.7 Å². The topological polar surface area (TPSA) is 85.1 Å². The van der Waals surface area contributed by atoms with Crippen molar-refractivity contribution in [1.82, 2.24) is 29.5 Å². The van der Waals surface area contributed by atoms with Crippen molar-refractivity contribution in [3.05, 3.63) is 84.8 Å². The number of hydrogen-bond donors (Lipinski definition) is 0. The molecule has 5 rings (SSSR count). The highest BCUT2D eigenvalue weighted by molar-refractivity contribution is 5.68. The molecular formula is C25H25FN8O. The maximum absolute atomic E-state index is 13.2. The summed E-state index contributed by atoms with van der Waals surface area (Å²) < 4.78 is 20.5. The van der Waals surface area contributed by atoms with Crippen molar-refractivity contribution in [2.45, 2.75) is 6.04 Å². The van der Waals surface area contributed by atoms with Crippen molar-refractivity contribution in [1.29, 1.82) is 0 Å². The van der Waals surface area contributed by atoms with Gasteiger partial charge in [-0.15, -0.1) is 0 Å². The largest absolute Gasteiger partial charge is 0.382 e. The second-order valence-electron chi connectivity index (χ2n) is 8.16. The summed E-state index contributed by atoms with van der Waals surface area (Å²) in [7, 11) is 1.68. The van der Waals surface area contributed by atoms with Gasteiger partial charge in [0.05, 0.1) is 24.5 Å². The fourth-order valence-electron chi connectivity index (χ4n) is 4.04. The summed E-state index contributed by atoms with van der Waals surface area (Å²) in [6.07, 6.45) is 16.2. The molecule has 1 aliphatic rings. The molecule has 178 valence electrons. The lowest BCUT2D eigenvalue weighted by Crippen LogP contribution is -2.55. The van der Waals surface area contributed by atoms with Crippen LogP contribution in [0.5, 0.6) is 0 Å². The summed E-state index contributed by atoms with van der Waals surface area (Å²) in [5, 5.41) is 0. The third-order valence-corrected chi connectivity index (χ3v) is 5.84. The highest BCUT2D eigenvalue weighted by Gasteiger charge is 2.29. The van der Waals surface area contributed by atoms with E-state index in [0.29, 0.717) is 19.1 Å². The Kier molecular flexibility index (Phi) is 6.71. The molecule has 4 aromatic rings. The van der Waals surface area contributed by atoms with Gasteiger partial charge in [0, 0.05) is 63.3 Å². The van der Waals surface area contributed by atoms with Gasteiger partial charge in [-0.25, -0.2) is 24.9 Å². The van der Waals surface area contributed by atoms with Crippen LogP contribution in [0, 0.1) is 5.95 Å². The van der Waals surface area contributed by atoms with Crippen molar-refractivity contribution in [3.63, 3.8) is 0 Å². The van der Waals surface area contributed by atoms with Crippen molar-refractivity contribution in [3.8, 4) is 5.82 Å². The first-order valence-electron chi connectivity index (χ1n) is 11.3. The van der Waals surface area contributed by atoms with Crippen molar-refractivity contribution >= 4 is 23.8 Å². The van der Waals surface area contributed by atoms with Gasteiger partial charge in [-0.3, -0.25) is 4.57 Å². The Morgan fingerprint density at radius 1 is 0.971 bits per heavy atom. The Morgan fingerprint density at radius 2 is 1.80 bits per heavy atom. The van der Waals surface area contributed by atoms with Gasteiger partial charge >= 0.3 is 0 Å². The molecule has 0 amide bonds. The standard InChI is InChI=1S/C25H25FN8O/c1-35-17-22-16-32(21-5-6-23(26)28-15-21)10-11-34(22)25-30-13-20(14-31-25)3-2-19-4-7-24(29-12-19)33-9-8-27-18-33/h2-9,12-15,18,22H,10-11,16-17H2,1H3/b3-2+/t22-/m1/s1. The van der Waals surface area contributed by atoms with E-state index in [-0.39, 0.29) is 6.04 Å². The lowest BCUT2D eigenvalue weighted by atomic mass is 10.1. The fraction of sp³-hybridized carbons (Fsp3) is 0.240. The van der Waals surface area contributed by atoms with Crippen molar-refractivity contribution in [2.24, 2.45) is 0 Å². The minimum atomic E-state index is -0.480. The number of methoxy groups -OCH3 is 1. The van der Waals surface area contributed by atoms with Gasteiger partial charge in [-0.05, 0) is 29.8 Å². The molecule has 9 nitrogen and oxygen atoms in total. The Balaban J connectivity index is 1.24. The number of pyridine rings is 2. The Bertz CT molecular complexity index is 1240. The molecule has 10 heteroatoms. The van der Waals surface area contributed by atoms with Gasteiger partial charge in [0.25, 0.3) is 0 Å². The summed E-state index contributed by atoms with van der Waals surface area (Å²) in [6.45, 7) is 2.70. The number of hydrogen-bond acceptors (Lipinski definition) is 8. The Labute approximate surface area is 202 Å². The summed E-state index contributed by atoms with van der Waals surface area (Å²) in [6, 6.07) is 7.13. The number of imidazole rings is 1. The molecule has 0 radical (unpaired) electrons. The average Bonchev–Trinajstić information content (AvgIpc) is 3.44. The van der Waals surface area contributed by atoms with Gasteiger partial charge in [0.2, 0.25) is 11.9 Å². The predicted octanol–water partition coefficient (Wildman–Crippen LogP) is 3.10. The number of ether oxygens (including phenoxy) is 1. The van der Waals surface area contributed by atoms with Crippen LogP contribution in [-0.4, -0.2) is 68.9 Å². The SMILES string of the molecule is COC[C@H]1CN(c2ccc(F)nc2)CCN1c1ncc(/C=C/c2ccc(-n3ccnc3)nc2)cn1. The third-order valence-electron chi connectivity index (χ3n) is 5.84. The minimum absolute atomic E-state index is 0.0558. The molecule has 0 N–H and O–H groups in total.